The van der Waals surface area contributed by atoms with Crippen molar-refractivity contribution in [3.8, 4) is 0 Å². The minimum atomic E-state index is -1.53. The molecule has 2 heteroatoms. The van der Waals surface area contributed by atoms with Crippen LogP contribution >= 0.6 is 0 Å². The predicted molar refractivity (Wildman–Crippen MR) is 48.5 cm³/mol. The zero-order chi connectivity index (χ0) is 8.20. The lowest BCUT2D eigenvalue weighted by atomic mass is 10.6. The SMILES string of the molecule is C=C[Si](CC)(OC)C(C)C. The van der Waals surface area contributed by atoms with Gasteiger partial charge in [0.1, 0.15) is 0 Å². The van der Waals surface area contributed by atoms with Gasteiger partial charge in [0.25, 0.3) is 0 Å². The summed E-state index contributed by atoms with van der Waals surface area (Å²) in [4.78, 5) is 0. The fourth-order valence-corrected chi connectivity index (χ4v) is 3.75. The molecule has 10 heavy (non-hydrogen) atoms. The van der Waals surface area contributed by atoms with Gasteiger partial charge in [-0.1, -0.05) is 26.5 Å². The smallest absolute Gasteiger partial charge is 0.218 e. The second-order valence-electron chi connectivity index (χ2n) is 2.87. The molecule has 1 nitrogen and oxygen atoms in total. The van der Waals surface area contributed by atoms with Crippen molar-refractivity contribution < 1.29 is 4.43 Å². The summed E-state index contributed by atoms with van der Waals surface area (Å²) in [5.74, 6) is 0. The van der Waals surface area contributed by atoms with E-state index in [1.54, 1.807) is 7.11 Å². The summed E-state index contributed by atoms with van der Waals surface area (Å²) in [6.07, 6.45) is 0. The van der Waals surface area contributed by atoms with E-state index >= 15 is 0 Å². The molecular formula is C8H18OSi. The molecule has 0 aliphatic carbocycles. The minimum absolute atomic E-state index is 0.639. The van der Waals surface area contributed by atoms with Gasteiger partial charge in [0, 0.05) is 7.11 Å². The molecule has 0 saturated heterocycles. The third-order valence-electron chi connectivity index (χ3n) is 2.26. The van der Waals surface area contributed by atoms with Crippen LogP contribution in [0.25, 0.3) is 0 Å². The van der Waals surface area contributed by atoms with E-state index in [1.165, 1.54) is 0 Å². The Morgan fingerprint density at radius 3 is 2.10 bits per heavy atom. The normalized spacial score (nSPS) is 16.9. The second-order valence-corrected chi connectivity index (χ2v) is 7.46. The highest BCUT2D eigenvalue weighted by Crippen LogP contribution is 2.25. The van der Waals surface area contributed by atoms with Gasteiger partial charge >= 0.3 is 0 Å². The van der Waals surface area contributed by atoms with Crippen molar-refractivity contribution >= 4 is 8.32 Å². The molecule has 1 atom stereocenters. The Bertz CT molecular complexity index is 106. The number of hydrogen-bond donors (Lipinski definition) is 0. The summed E-state index contributed by atoms with van der Waals surface area (Å²) in [7, 11) is 0.272. The molecule has 0 saturated carbocycles. The Hall–Kier alpha value is -0.0831. The van der Waals surface area contributed by atoms with Gasteiger partial charge in [-0.2, -0.15) is 0 Å². The number of hydrogen-bond acceptors (Lipinski definition) is 1. The van der Waals surface area contributed by atoms with Crippen molar-refractivity contribution in [2.24, 2.45) is 0 Å². The summed E-state index contributed by atoms with van der Waals surface area (Å²) in [6.45, 7) is 10.4. The maximum absolute atomic E-state index is 5.52. The summed E-state index contributed by atoms with van der Waals surface area (Å²) in [5.41, 5.74) is 2.68. The lowest BCUT2D eigenvalue weighted by molar-refractivity contribution is 0.394. The first-order valence-electron chi connectivity index (χ1n) is 3.81. The molecule has 0 radical (unpaired) electrons. The molecular weight excluding hydrogens is 140 g/mol. The molecule has 0 spiro atoms. The fourth-order valence-electron chi connectivity index (χ4n) is 1.25. The topological polar surface area (TPSA) is 9.23 Å². The van der Waals surface area contributed by atoms with E-state index in [9.17, 15) is 0 Å². The van der Waals surface area contributed by atoms with Gasteiger partial charge in [0.2, 0.25) is 8.32 Å². The minimum Gasteiger partial charge on any atom is -0.416 e. The number of rotatable bonds is 4. The average Bonchev–Trinajstić information content (AvgIpc) is 1.92. The molecule has 0 N–H and O–H groups in total. The molecule has 1 unspecified atom stereocenters. The van der Waals surface area contributed by atoms with Crippen molar-refractivity contribution in [1.29, 1.82) is 0 Å². The Balaban J connectivity index is 4.30. The molecule has 0 aliphatic rings. The molecule has 0 aromatic rings. The molecule has 0 amide bonds. The molecule has 0 aliphatic heterocycles. The molecule has 0 bridgehead atoms. The Morgan fingerprint density at radius 1 is 1.60 bits per heavy atom. The van der Waals surface area contributed by atoms with Gasteiger partial charge in [0.05, 0.1) is 0 Å². The maximum atomic E-state index is 5.52. The van der Waals surface area contributed by atoms with Crippen molar-refractivity contribution in [3.05, 3.63) is 12.3 Å². The van der Waals surface area contributed by atoms with Crippen LogP contribution in [0.2, 0.25) is 11.6 Å². The van der Waals surface area contributed by atoms with Crippen LogP contribution in [0.3, 0.4) is 0 Å². The first kappa shape index (κ1) is 9.92. The Labute approximate surface area is 65.2 Å². The van der Waals surface area contributed by atoms with Crippen LogP contribution < -0.4 is 0 Å². The van der Waals surface area contributed by atoms with Gasteiger partial charge in [0.15, 0.2) is 0 Å². The van der Waals surface area contributed by atoms with Crippen molar-refractivity contribution in [1.82, 2.24) is 0 Å². The van der Waals surface area contributed by atoms with Gasteiger partial charge in [-0.05, 0) is 11.6 Å². The summed E-state index contributed by atoms with van der Waals surface area (Å²) in [5, 5.41) is 0. The van der Waals surface area contributed by atoms with E-state index in [2.05, 4.69) is 27.4 Å². The van der Waals surface area contributed by atoms with Crippen molar-refractivity contribution in [2.45, 2.75) is 32.4 Å². The van der Waals surface area contributed by atoms with Crippen molar-refractivity contribution in [3.63, 3.8) is 0 Å². The molecule has 0 rings (SSSR count). The van der Waals surface area contributed by atoms with Crippen LogP contribution in [0.15, 0.2) is 12.3 Å². The van der Waals surface area contributed by atoms with Crippen LogP contribution in [-0.2, 0) is 4.43 Å². The lowest BCUT2D eigenvalue weighted by Gasteiger charge is -2.28. The molecule has 0 aromatic heterocycles. The predicted octanol–water partition coefficient (Wildman–Crippen LogP) is 2.73. The van der Waals surface area contributed by atoms with E-state index in [4.69, 9.17) is 4.43 Å². The molecule has 0 fully saturated rings. The highest BCUT2D eigenvalue weighted by molar-refractivity contribution is 6.79. The van der Waals surface area contributed by atoms with Crippen LogP contribution in [0, 0.1) is 0 Å². The van der Waals surface area contributed by atoms with Gasteiger partial charge in [-0.3, -0.25) is 0 Å². The van der Waals surface area contributed by atoms with Crippen LogP contribution in [0.1, 0.15) is 20.8 Å². The van der Waals surface area contributed by atoms with Gasteiger partial charge in [-0.25, -0.2) is 0 Å². The highest BCUT2D eigenvalue weighted by atomic mass is 28.4. The lowest BCUT2D eigenvalue weighted by Crippen LogP contribution is -2.37. The first-order valence-corrected chi connectivity index (χ1v) is 6.08. The summed E-state index contributed by atoms with van der Waals surface area (Å²) < 4.78 is 5.52. The van der Waals surface area contributed by atoms with Gasteiger partial charge in [-0.15, -0.1) is 6.58 Å². The van der Waals surface area contributed by atoms with E-state index in [0.29, 0.717) is 5.54 Å². The van der Waals surface area contributed by atoms with E-state index in [0.717, 1.165) is 6.04 Å². The summed E-state index contributed by atoms with van der Waals surface area (Å²) >= 11 is 0. The standard InChI is InChI=1S/C8H18OSi/c1-6-10(7-2,9-5)8(3)4/h6,8H,1,7H2,2-5H3. The van der Waals surface area contributed by atoms with Crippen molar-refractivity contribution in [2.75, 3.05) is 7.11 Å². The quantitative estimate of drug-likeness (QED) is 0.572. The Kier molecular flexibility index (Phi) is 3.90. The van der Waals surface area contributed by atoms with E-state index in [1.807, 2.05) is 5.70 Å². The zero-order valence-electron chi connectivity index (χ0n) is 7.48. The molecule has 0 aromatic carbocycles. The van der Waals surface area contributed by atoms with Crippen LogP contribution in [0.4, 0.5) is 0 Å². The average molecular weight is 158 g/mol. The van der Waals surface area contributed by atoms with E-state index < -0.39 is 8.32 Å². The first-order chi connectivity index (χ1) is 4.63. The largest absolute Gasteiger partial charge is 0.416 e. The second kappa shape index (κ2) is 3.94. The third-order valence-corrected chi connectivity index (χ3v) is 6.77. The third kappa shape index (κ3) is 1.70. The Morgan fingerprint density at radius 2 is 2.10 bits per heavy atom. The molecule has 60 valence electrons. The van der Waals surface area contributed by atoms with E-state index in [-0.39, 0.29) is 0 Å². The summed E-state index contributed by atoms with van der Waals surface area (Å²) in [6, 6.07) is 1.13. The maximum Gasteiger partial charge on any atom is 0.218 e. The monoisotopic (exact) mass is 158 g/mol. The van der Waals surface area contributed by atoms with Gasteiger partial charge < -0.3 is 4.43 Å². The molecule has 0 heterocycles. The van der Waals surface area contributed by atoms with Crippen LogP contribution in [0.5, 0.6) is 0 Å². The zero-order valence-corrected chi connectivity index (χ0v) is 8.48. The van der Waals surface area contributed by atoms with Crippen LogP contribution in [-0.4, -0.2) is 15.4 Å². The highest BCUT2D eigenvalue weighted by Gasteiger charge is 2.31. The fraction of sp³-hybridized carbons (Fsp3) is 0.750.